The van der Waals surface area contributed by atoms with Gasteiger partial charge in [-0.2, -0.15) is 5.10 Å². The molecule has 0 unspecified atom stereocenters. The van der Waals surface area contributed by atoms with Crippen LogP contribution in [0.5, 0.6) is 5.75 Å². The Morgan fingerprint density at radius 2 is 1.76 bits per heavy atom. The molecule has 6 heteroatoms. The molecule has 1 aromatic heterocycles. The average Bonchev–Trinajstić information content (AvgIpc) is 3.52. The van der Waals surface area contributed by atoms with Gasteiger partial charge in [-0.3, -0.25) is 9.48 Å². The summed E-state index contributed by atoms with van der Waals surface area (Å²) in [6.45, 7) is 6.98. The number of rotatable bonds is 8. The van der Waals surface area contributed by atoms with E-state index in [2.05, 4.69) is 49.0 Å². The Kier molecular flexibility index (Phi) is 7.93. The quantitative estimate of drug-likeness (QED) is 0.271. The summed E-state index contributed by atoms with van der Waals surface area (Å²) in [4.78, 5) is 16.3. The Labute approximate surface area is 250 Å². The molecule has 1 heterocycles. The summed E-state index contributed by atoms with van der Waals surface area (Å²) in [5, 5.41) is 4.45. The van der Waals surface area contributed by atoms with Gasteiger partial charge in [0.2, 0.25) is 5.91 Å². The second kappa shape index (κ2) is 11.5. The molecule has 42 heavy (non-hydrogen) atoms. The maximum Gasteiger partial charge on any atom is 0.230 e. The fourth-order valence-electron chi connectivity index (χ4n) is 8.01. The summed E-state index contributed by atoms with van der Waals surface area (Å²) in [7, 11) is 1.74. The Morgan fingerprint density at radius 3 is 2.38 bits per heavy atom. The Balaban J connectivity index is 1.29. The van der Waals surface area contributed by atoms with E-state index < -0.39 is 0 Å². The molecule has 5 nitrogen and oxygen atoms in total. The first-order valence-electron chi connectivity index (χ1n) is 16.0. The van der Waals surface area contributed by atoms with Crippen LogP contribution in [0.1, 0.15) is 102 Å². The minimum Gasteiger partial charge on any atom is -0.496 e. The van der Waals surface area contributed by atoms with E-state index in [1.807, 2.05) is 23.0 Å². The van der Waals surface area contributed by atoms with Crippen LogP contribution in [0.4, 0.5) is 10.1 Å². The largest absolute Gasteiger partial charge is 0.496 e. The standard InChI is InChI=1S/C36H46FN3O2/c1-25(2)40-23-28(22-38-40)31-21-30(11-12-32(31)37)39(34(41)27-8-6-5-7-9-27)24-35-14-17-36(18-15-35,19-16-35)29-10-13-33(42-4)26(3)20-29/h10-13,20-23,25,27H,5-9,14-19,24H2,1-4H3. The van der Waals surface area contributed by atoms with Crippen LogP contribution in [0, 0.1) is 24.1 Å². The summed E-state index contributed by atoms with van der Waals surface area (Å²) >= 11 is 0. The zero-order valence-corrected chi connectivity index (χ0v) is 25.8. The topological polar surface area (TPSA) is 47.4 Å². The Hall–Kier alpha value is -3.15. The van der Waals surface area contributed by atoms with E-state index in [4.69, 9.17) is 4.74 Å². The molecule has 2 bridgehead atoms. The number of halogens is 1. The van der Waals surface area contributed by atoms with Gasteiger partial charge in [-0.05, 0) is 118 Å². The number of anilines is 1. The molecule has 4 saturated carbocycles. The Morgan fingerprint density at radius 1 is 1.05 bits per heavy atom. The van der Waals surface area contributed by atoms with Gasteiger partial charge in [0.05, 0.1) is 13.3 Å². The number of nitrogens with zero attached hydrogens (tertiary/aromatic N) is 3. The van der Waals surface area contributed by atoms with Crippen LogP contribution in [0.2, 0.25) is 0 Å². The highest BCUT2D eigenvalue weighted by molar-refractivity contribution is 5.96. The molecule has 2 aromatic carbocycles. The number of methoxy groups -OCH3 is 1. The van der Waals surface area contributed by atoms with E-state index in [-0.39, 0.29) is 34.5 Å². The number of aromatic nitrogens is 2. The lowest BCUT2D eigenvalue weighted by molar-refractivity contribution is -0.124. The molecule has 1 amide bonds. The first kappa shape index (κ1) is 28.9. The lowest BCUT2D eigenvalue weighted by Gasteiger charge is -2.55. The fourth-order valence-corrected chi connectivity index (χ4v) is 8.01. The van der Waals surface area contributed by atoms with E-state index in [1.54, 1.807) is 13.3 Å². The average molecular weight is 572 g/mol. The maximum absolute atomic E-state index is 15.2. The molecular weight excluding hydrogens is 525 g/mol. The van der Waals surface area contributed by atoms with Crippen molar-refractivity contribution in [2.45, 2.75) is 103 Å². The molecule has 0 spiro atoms. The fraction of sp³-hybridized carbons (Fsp3) is 0.556. The van der Waals surface area contributed by atoms with Crippen molar-refractivity contribution in [2.24, 2.45) is 11.3 Å². The highest BCUT2D eigenvalue weighted by atomic mass is 19.1. The number of ether oxygens (including phenoxy) is 1. The van der Waals surface area contributed by atoms with Crippen molar-refractivity contribution in [3.05, 3.63) is 65.7 Å². The number of carbonyl (C=O) groups excluding carboxylic acids is 1. The van der Waals surface area contributed by atoms with E-state index in [1.165, 1.54) is 23.6 Å². The van der Waals surface area contributed by atoms with Crippen molar-refractivity contribution < 1.29 is 13.9 Å². The third-order valence-electron chi connectivity index (χ3n) is 10.8. The monoisotopic (exact) mass is 571 g/mol. The summed E-state index contributed by atoms with van der Waals surface area (Å²) in [5.41, 5.74) is 5.04. The van der Waals surface area contributed by atoms with Gasteiger partial charge in [0.1, 0.15) is 11.6 Å². The van der Waals surface area contributed by atoms with Crippen molar-refractivity contribution in [2.75, 3.05) is 18.6 Å². The van der Waals surface area contributed by atoms with Gasteiger partial charge in [0.25, 0.3) is 0 Å². The van der Waals surface area contributed by atoms with Gasteiger partial charge in [-0.15, -0.1) is 0 Å². The van der Waals surface area contributed by atoms with Crippen LogP contribution in [0.25, 0.3) is 11.1 Å². The molecule has 4 aliphatic rings. The SMILES string of the molecule is COc1ccc(C23CCC(CN(C(=O)C4CCCCC4)c4ccc(F)c(-c5cnn(C(C)C)c5)c4)(CC2)CC3)cc1C. The van der Waals surface area contributed by atoms with Gasteiger partial charge in [-0.1, -0.05) is 31.4 Å². The highest BCUT2D eigenvalue weighted by Crippen LogP contribution is 2.58. The van der Waals surface area contributed by atoms with Crippen LogP contribution in [0.3, 0.4) is 0 Å². The third-order valence-corrected chi connectivity index (χ3v) is 10.8. The number of carbonyl (C=O) groups is 1. The maximum atomic E-state index is 15.2. The third kappa shape index (κ3) is 5.38. The van der Waals surface area contributed by atoms with E-state index in [9.17, 15) is 4.79 Å². The predicted octanol–water partition coefficient (Wildman–Crippen LogP) is 8.79. The van der Waals surface area contributed by atoms with Crippen LogP contribution in [-0.2, 0) is 10.2 Å². The highest BCUT2D eigenvalue weighted by Gasteiger charge is 2.50. The van der Waals surface area contributed by atoms with Gasteiger partial charge in [0, 0.05) is 41.5 Å². The summed E-state index contributed by atoms with van der Waals surface area (Å²) in [6, 6.07) is 12.2. The molecule has 4 fully saturated rings. The normalized spacial score (nSPS) is 24.2. The van der Waals surface area contributed by atoms with Crippen LogP contribution < -0.4 is 9.64 Å². The first-order chi connectivity index (χ1) is 20.2. The molecule has 0 radical (unpaired) electrons. The smallest absolute Gasteiger partial charge is 0.230 e. The number of benzene rings is 2. The molecule has 224 valence electrons. The van der Waals surface area contributed by atoms with Crippen LogP contribution in [-0.4, -0.2) is 29.3 Å². The first-order valence-corrected chi connectivity index (χ1v) is 16.0. The minimum atomic E-state index is -0.278. The zero-order valence-electron chi connectivity index (χ0n) is 25.8. The van der Waals surface area contributed by atoms with Crippen molar-refractivity contribution in [1.29, 1.82) is 0 Å². The van der Waals surface area contributed by atoms with E-state index >= 15 is 4.39 Å². The molecule has 0 atom stereocenters. The Bertz CT molecular complexity index is 1410. The number of aryl methyl sites for hydroxylation is 1. The number of fused-ring (bicyclic) bond motifs is 3. The molecular formula is C36H46FN3O2. The molecule has 0 saturated heterocycles. The van der Waals surface area contributed by atoms with Gasteiger partial charge in [-0.25, -0.2) is 4.39 Å². The van der Waals surface area contributed by atoms with Crippen molar-refractivity contribution in [3.8, 4) is 16.9 Å². The second-order valence-corrected chi connectivity index (χ2v) is 13.7. The summed E-state index contributed by atoms with van der Waals surface area (Å²) < 4.78 is 22.6. The van der Waals surface area contributed by atoms with Crippen molar-refractivity contribution in [3.63, 3.8) is 0 Å². The number of hydrogen-bond acceptors (Lipinski definition) is 3. The van der Waals surface area contributed by atoms with E-state index in [0.29, 0.717) is 5.56 Å². The molecule has 0 N–H and O–H groups in total. The van der Waals surface area contributed by atoms with Gasteiger partial charge in [0.15, 0.2) is 0 Å². The minimum absolute atomic E-state index is 0.0564. The zero-order chi connectivity index (χ0) is 29.5. The van der Waals surface area contributed by atoms with Crippen molar-refractivity contribution >= 4 is 11.6 Å². The second-order valence-electron chi connectivity index (χ2n) is 13.7. The number of hydrogen-bond donors (Lipinski definition) is 0. The summed E-state index contributed by atoms with van der Waals surface area (Å²) in [6.07, 6.45) is 15.8. The van der Waals surface area contributed by atoms with E-state index in [0.717, 1.165) is 87.8 Å². The van der Waals surface area contributed by atoms with Gasteiger partial charge < -0.3 is 9.64 Å². The predicted molar refractivity (Wildman–Crippen MR) is 166 cm³/mol. The molecule has 7 rings (SSSR count). The molecule has 3 aromatic rings. The molecule has 4 aliphatic carbocycles. The van der Waals surface area contributed by atoms with Crippen molar-refractivity contribution in [1.82, 2.24) is 9.78 Å². The molecule has 0 aliphatic heterocycles. The van der Waals surface area contributed by atoms with Crippen LogP contribution >= 0.6 is 0 Å². The lowest BCUT2D eigenvalue weighted by atomic mass is 9.51. The lowest BCUT2D eigenvalue weighted by Crippen LogP contribution is -2.51. The van der Waals surface area contributed by atoms with Crippen LogP contribution in [0.15, 0.2) is 48.8 Å². The summed E-state index contributed by atoms with van der Waals surface area (Å²) in [5.74, 6) is 0.956. The van der Waals surface area contributed by atoms with Gasteiger partial charge >= 0.3 is 0 Å². The number of amides is 1.